The Balaban J connectivity index is 0.000000118. The van der Waals surface area contributed by atoms with E-state index in [2.05, 4.69) is 139 Å². The van der Waals surface area contributed by atoms with E-state index >= 15 is 0 Å². The lowest BCUT2D eigenvalue weighted by atomic mass is 9.94. The van der Waals surface area contributed by atoms with E-state index in [0.29, 0.717) is 0 Å². The first-order chi connectivity index (χ1) is 28.9. The topological polar surface area (TPSA) is 83.6 Å². The fraction of sp³-hybridized carbons (Fsp3) is 0.0545. The molecule has 6 N–H and O–H groups in total. The molecule has 0 unspecified atom stereocenters. The number of anilines is 2. The first-order valence-electron chi connectivity index (χ1n) is 20.2. The lowest BCUT2D eigenvalue weighted by Crippen LogP contribution is -1.89. The third-order valence-electron chi connectivity index (χ3n) is 11.5. The van der Waals surface area contributed by atoms with Crippen molar-refractivity contribution in [2.24, 2.45) is 0 Å². The summed E-state index contributed by atoms with van der Waals surface area (Å²) in [4.78, 5) is 6.80. The Morgan fingerprint density at radius 2 is 1.08 bits per heavy atom. The number of nitrogens with two attached hydrogens (primary N) is 2. The zero-order chi connectivity index (χ0) is 40.6. The van der Waals surface area contributed by atoms with Crippen molar-refractivity contribution in [3.63, 3.8) is 0 Å². The Morgan fingerprint density at radius 1 is 0.508 bits per heavy atom. The molecule has 0 saturated heterocycles. The molecule has 286 valence electrons. The number of fused-ring (bicyclic) bond motifs is 10. The maximum atomic E-state index is 6.24. The Kier molecular flexibility index (Phi) is 9.68. The molecule has 2 heterocycles. The number of nitrogen functional groups attached to an aromatic ring is 2. The number of nitrogens with one attached hydrogen (secondary N) is 2. The number of benzene rings is 8. The summed E-state index contributed by atoms with van der Waals surface area (Å²) in [5.41, 5.74) is 28.5. The third kappa shape index (κ3) is 6.36. The van der Waals surface area contributed by atoms with Crippen LogP contribution in [0.1, 0.15) is 37.5 Å². The van der Waals surface area contributed by atoms with Gasteiger partial charge in [0.25, 0.3) is 0 Å². The van der Waals surface area contributed by atoms with Crippen LogP contribution in [0.25, 0.3) is 105 Å². The van der Waals surface area contributed by atoms with Gasteiger partial charge in [0.05, 0.1) is 0 Å². The predicted molar refractivity (Wildman–Crippen MR) is 260 cm³/mol. The van der Waals surface area contributed by atoms with Crippen molar-refractivity contribution in [2.45, 2.75) is 20.8 Å². The van der Waals surface area contributed by atoms with Gasteiger partial charge >= 0.3 is 0 Å². The fourth-order valence-electron chi connectivity index (χ4n) is 8.82. The summed E-state index contributed by atoms with van der Waals surface area (Å²) in [6.45, 7) is 10.1. The molecule has 4 heteroatoms. The van der Waals surface area contributed by atoms with Gasteiger partial charge in [-0.25, -0.2) is 0 Å². The van der Waals surface area contributed by atoms with E-state index in [9.17, 15) is 0 Å². The van der Waals surface area contributed by atoms with Crippen LogP contribution in [-0.2, 0) is 0 Å². The summed E-state index contributed by atoms with van der Waals surface area (Å²) in [5.74, 6) is 0. The van der Waals surface area contributed by atoms with Gasteiger partial charge in [-0.2, -0.15) is 0 Å². The largest absolute Gasteiger partial charge is 0.398 e. The van der Waals surface area contributed by atoms with E-state index in [1.807, 2.05) is 74.5 Å². The molecule has 11 rings (SSSR count). The molecule has 0 amide bonds. The summed E-state index contributed by atoms with van der Waals surface area (Å²) in [7, 11) is 0. The van der Waals surface area contributed by atoms with Crippen molar-refractivity contribution in [2.75, 3.05) is 11.5 Å². The van der Waals surface area contributed by atoms with E-state index in [1.54, 1.807) is 0 Å². The molecule has 2 aromatic heterocycles. The molecular weight excluding hydrogens is 717 g/mol. The van der Waals surface area contributed by atoms with Crippen LogP contribution in [0.5, 0.6) is 0 Å². The van der Waals surface area contributed by atoms with Crippen molar-refractivity contribution in [3.8, 4) is 22.3 Å². The zero-order valence-electron chi connectivity index (χ0n) is 33.6. The van der Waals surface area contributed by atoms with Gasteiger partial charge in [-0.3, -0.25) is 0 Å². The van der Waals surface area contributed by atoms with Crippen LogP contribution in [0.4, 0.5) is 11.4 Å². The molecule has 0 radical (unpaired) electrons. The Bertz CT molecular complexity index is 3300. The van der Waals surface area contributed by atoms with Crippen LogP contribution < -0.4 is 11.5 Å². The van der Waals surface area contributed by atoms with Crippen LogP contribution in [0, 0.1) is 0 Å². The summed E-state index contributed by atoms with van der Waals surface area (Å²) < 4.78 is 0. The molecule has 8 aromatic carbocycles. The highest BCUT2D eigenvalue weighted by Gasteiger charge is 2.23. The molecule has 4 nitrogen and oxygen atoms in total. The van der Waals surface area contributed by atoms with Crippen molar-refractivity contribution >= 4 is 94.3 Å². The first-order valence-corrected chi connectivity index (χ1v) is 20.2. The van der Waals surface area contributed by atoms with E-state index < -0.39 is 0 Å². The number of aromatic amines is 2. The highest BCUT2D eigenvalue weighted by atomic mass is 14.7. The second-order valence-corrected chi connectivity index (χ2v) is 14.9. The average Bonchev–Trinajstić information content (AvgIpc) is 3.94. The average molecular weight is 763 g/mol. The zero-order valence-corrected chi connectivity index (χ0v) is 33.6. The smallest absolute Gasteiger partial charge is 0.0489 e. The van der Waals surface area contributed by atoms with Gasteiger partial charge in [-0.1, -0.05) is 140 Å². The summed E-state index contributed by atoms with van der Waals surface area (Å²) >= 11 is 0. The second kappa shape index (κ2) is 15.4. The third-order valence-corrected chi connectivity index (χ3v) is 11.5. The number of hydrogen-bond acceptors (Lipinski definition) is 2. The van der Waals surface area contributed by atoms with Crippen molar-refractivity contribution in [1.29, 1.82) is 0 Å². The molecular formula is C55H46N4. The first kappa shape index (κ1) is 37.0. The van der Waals surface area contributed by atoms with Crippen molar-refractivity contribution in [3.05, 3.63) is 187 Å². The van der Waals surface area contributed by atoms with Gasteiger partial charge in [0.1, 0.15) is 0 Å². The van der Waals surface area contributed by atoms with Crippen molar-refractivity contribution < 1.29 is 0 Å². The van der Waals surface area contributed by atoms with E-state index in [1.165, 1.54) is 71.1 Å². The maximum absolute atomic E-state index is 6.24. The lowest BCUT2D eigenvalue weighted by Gasteiger charge is -2.10. The SMILES string of the molecule is C/C=C\c1c(N)ccc2[nH]c3ccccc3c12.C/C=C\c1ccc2[nH]c3ccccc3c2c1N.C=C/C(=C\C)c1ccc2c3c(cccc13)-c1cc3ccccc3cc1-2. The molecule has 0 bridgehead atoms. The van der Waals surface area contributed by atoms with Crippen LogP contribution in [0.2, 0.25) is 0 Å². The van der Waals surface area contributed by atoms with Crippen LogP contribution in [-0.4, -0.2) is 9.97 Å². The number of allylic oxidation sites excluding steroid dienone is 5. The summed E-state index contributed by atoms with van der Waals surface area (Å²) in [6.07, 6.45) is 12.2. The highest BCUT2D eigenvalue weighted by molar-refractivity contribution is 6.20. The van der Waals surface area contributed by atoms with Gasteiger partial charge in [-0.15, -0.1) is 0 Å². The number of para-hydroxylation sites is 2. The van der Waals surface area contributed by atoms with Crippen molar-refractivity contribution in [1.82, 2.24) is 9.97 Å². The molecule has 0 atom stereocenters. The normalized spacial score (nSPS) is 12.2. The van der Waals surface area contributed by atoms with Crippen LogP contribution >= 0.6 is 0 Å². The molecule has 0 spiro atoms. The minimum atomic E-state index is 0.820. The fourth-order valence-corrected chi connectivity index (χ4v) is 8.82. The Labute approximate surface area is 344 Å². The minimum absolute atomic E-state index is 0.820. The van der Waals surface area contributed by atoms with Crippen LogP contribution in [0.3, 0.4) is 0 Å². The van der Waals surface area contributed by atoms with Gasteiger partial charge in [0.15, 0.2) is 0 Å². The molecule has 0 aliphatic heterocycles. The van der Waals surface area contributed by atoms with Gasteiger partial charge < -0.3 is 21.4 Å². The standard InChI is InChI=1S/C25H18.2C15H14N2/c1-3-16(4-2)19-12-13-22-24-15-18-9-6-5-8-17(18)14-23(24)21-11-7-10-20(19)25(21)22;1-2-5-10-12(16)8-9-14-15(10)11-6-3-4-7-13(11)17-14;1-2-5-10-8-9-13-14(15(10)16)11-6-3-4-7-12(11)17-13/h3-15H,1H2,2H3;2*2-9,17H,16H2,1H3/b16-4+;2*5-2-. The molecule has 0 saturated carbocycles. The summed E-state index contributed by atoms with van der Waals surface area (Å²) in [6, 6.07) is 49.1. The second-order valence-electron chi connectivity index (χ2n) is 14.9. The van der Waals surface area contributed by atoms with E-state index in [0.717, 1.165) is 50.0 Å². The maximum Gasteiger partial charge on any atom is 0.0489 e. The summed E-state index contributed by atoms with van der Waals surface area (Å²) in [5, 5.41) is 10.0. The minimum Gasteiger partial charge on any atom is -0.398 e. The highest BCUT2D eigenvalue weighted by Crippen LogP contribution is 2.50. The molecule has 0 fully saturated rings. The molecule has 59 heavy (non-hydrogen) atoms. The number of hydrogen-bond donors (Lipinski definition) is 4. The molecule has 1 aliphatic carbocycles. The number of H-pyrrole nitrogens is 2. The molecule has 10 aromatic rings. The van der Waals surface area contributed by atoms with Crippen LogP contribution in [0.15, 0.2) is 170 Å². The molecule has 1 aliphatic rings. The van der Waals surface area contributed by atoms with E-state index in [4.69, 9.17) is 11.5 Å². The Hall–Kier alpha value is -7.56. The monoisotopic (exact) mass is 762 g/mol. The van der Waals surface area contributed by atoms with Gasteiger partial charge in [-0.05, 0) is 124 Å². The number of rotatable bonds is 4. The lowest BCUT2D eigenvalue weighted by molar-refractivity contribution is 1.54. The number of aromatic nitrogens is 2. The predicted octanol–water partition coefficient (Wildman–Crippen LogP) is 15.1. The Morgan fingerprint density at radius 3 is 1.73 bits per heavy atom. The van der Waals surface area contributed by atoms with Gasteiger partial charge in [0.2, 0.25) is 0 Å². The quantitative estimate of drug-likeness (QED) is 0.106. The van der Waals surface area contributed by atoms with Gasteiger partial charge in [0, 0.05) is 60.5 Å². The van der Waals surface area contributed by atoms with E-state index in [-0.39, 0.29) is 0 Å².